The molecule has 3 rings (SSSR count). The number of aliphatic hydroxyl groups is 1. The van der Waals surface area contributed by atoms with Gasteiger partial charge in [-0.1, -0.05) is 18.2 Å². The Labute approximate surface area is 156 Å². The molecular weight excluding hydrogens is 350 g/mol. The van der Waals surface area contributed by atoms with Crippen molar-refractivity contribution in [2.24, 2.45) is 0 Å². The Bertz CT molecular complexity index is 966. The Balaban J connectivity index is 1.97. The number of thiol groups is 1. The number of aromatic nitrogens is 2. The molecule has 0 atom stereocenters. The fraction of sp³-hybridized carbons (Fsp3) is 0.158. The summed E-state index contributed by atoms with van der Waals surface area (Å²) < 4.78 is 1.97. The molecule has 0 bridgehead atoms. The number of hydrogen-bond donors (Lipinski definition) is 4. The first-order valence-corrected chi connectivity index (χ1v) is 8.60. The van der Waals surface area contributed by atoms with Crippen molar-refractivity contribution in [1.82, 2.24) is 15.0 Å². The van der Waals surface area contributed by atoms with E-state index in [2.05, 4.69) is 17.6 Å². The number of rotatable bonds is 6. The van der Waals surface area contributed by atoms with Crippen molar-refractivity contribution in [3.8, 4) is 5.69 Å². The van der Waals surface area contributed by atoms with E-state index < -0.39 is 5.91 Å². The van der Waals surface area contributed by atoms with Crippen molar-refractivity contribution < 1.29 is 15.1 Å². The van der Waals surface area contributed by atoms with E-state index in [0.29, 0.717) is 6.42 Å². The number of fused-ring (bicyclic) bond motifs is 1. The van der Waals surface area contributed by atoms with Crippen LogP contribution in [0.5, 0.6) is 0 Å². The number of nitrogens with one attached hydrogen (secondary N) is 1. The Hall–Kier alpha value is -2.61. The van der Waals surface area contributed by atoms with Crippen LogP contribution in [0.4, 0.5) is 0 Å². The number of aliphatic hydroxyl groups excluding tert-OH is 1. The van der Waals surface area contributed by atoms with Crippen LogP contribution in [0.2, 0.25) is 0 Å². The first kappa shape index (κ1) is 18.2. The molecule has 6 nitrogen and oxygen atoms in total. The van der Waals surface area contributed by atoms with Gasteiger partial charge in [-0.2, -0.15) is 0 Å². The van der Waals surface area contributed by atoms with Crippen LogP contribution in [0.25, 0.3) is 22.8 Å². The van der Waals surface area contributed by atoms with E-state index in [-0.39, 0.29) is 6.61 Å². The molecule has 0 saturated carbocycles. The van der Waals surface area contributed by atoms with Gasteiger partial charge >= 0.3 is 0 Å². The molecule has 1 aromatic heterocycles. The van der Waals surface area contributed by atoms with Crippen molar-refractivity contribution in [3.63, 3.8) is 0 Å². The first-order chi connectivity index (χ1) is 12.6. The molecule has 0 unspecified atom stereocenters. The van der Waals surface area contributed by atoms with Crippen molar-refractivity contribution in [1.29, 1.82) is 0 Å². The normalized spacial score (nSPS) is 11.3. The van der Waals surface area contributed by atoms with E-state index in [1.807, 2.05) is 41.0 Å². The average Bonchev–Trinajstić information content (AvgIpc) is 3.08. The zero-order valence-electron chi connectivity index (χ0n) is 14.0. The highest BCUT2D eigenvalue weighted by Gasteiger charge is 2.10. The maximum atomic E-state index is 11.1. The molecule has 3 aromatic rings. The number of benzene rings is 2. The molecule has 1 amide bonds. The fourth-order valence-electron chi connectivity index (χ4n) is 2.78. The van der Waals surface area contributed by atoms with Crippen LogP contribution in [-0.4, -0.2) is 32.4 Å². The third kappa shape index (κ3) is 3.80. The van der Waals surface area contributed by atoms with Gasteiger partial charge in [0.25, 0.3) is 5.91 Å². The standard InChI is InChI=1S/C19H19N3O3S/c23-10-2-4-14-3-1-5-17(19(14)26)22-12-20-15-11-13(6-8-16(15)22)7-9-18(24)21-25/h1,3,5-9,11-12,23,25-26H,2,4,10H2,(H,21,24)/b9-7+. The lowest BCUT2D eigenvalue weighted by Crippen LogP contribution is -2.14. The van der Waals surface area contributed by atoms with Crippen molar-refractivity contribution in [3.05, 3.63) is 59.9 Å². The number of hydrogen-bond acceptors (Lipinski definition) is 5. The number of nitrogens with zero attached hydrogens (tertiary/aromatic N) is 2. The highest BCUT2D eigenvalue weighted by molar-refractivity contribution is 7.80. The maximum absolute atomic E-state index is 11.1. The quantitative estimate of drug-likeness (QED) is 0.233. The van der Waals surface area contributed by atoms with Crippen LogP contribution in [0.3, 0.4) is 0 Å². The molecule has 1 heterocycles. The summed E-state index contributed by atoms with van der Waals surface area (Å²) in [4.78, 5) is 16.4. The van der Waals surface area contributed by atoms with Gasteiger partial charge in [-0.05, 0) is 48.2 Å². The number of imidazole rings is 1. The number of carbonyl (C=O) groups excluding carboxylic acids is 1. The van der Waals surface area contributed by atoms with Gasteiger partial charge < -0.3 is 5.11 Å². The molecule has 134 valence electrons. The molecule has 3 N–H and O–H groups in total. The summed E-state index contributed by atoms with van der Waals surface area (Å²) in [7, 11) is 0. The lowest BCUT2D eigenvalue weighted by molar-refractivity contribution is -0.124. The van der Waals surface area contributed by atoms with Gasteiger partial charge in [0.2, 0.25) is 0 Å². The van der Waals surface area contributed by atoms with Crippen molar-refractivity contribution in [2.75, 3.05) is 6.61 Å². The number of aryl methyl sites for hydroxylation is 1. The summed E-state index contributed by atoms with van der Waals surface area (Å²) in [6.07, 6.45) is 6.04. The summed E-state index contributed by atoms with van der Waals surface area (Å²) in [5.41, 5.74) is 6.06. The van der Waals surface area contributed by atoms with Crippen LogP contribution in [0, 0.1) is 0 Å². The van der Waals surface area contributed by atoms with E-state index in [1.54, 1.807) is 17.9 Å². The minimum Gasteiger partial charge on any atom is -0.396 e. The third-order valence-corrected chi connectivity index (χ3v) is 4.59. The SMILES string of the molecule is O=C(/C=C/c1ccc2c(c1)ncn2-c1cccc(CCCO)c1S)NO. The van der Waals surface area contributed by atoms with Crippen molar-refractivity contribution in [2.45, 2.75) is 17.7 Å². The minimum atomic E-state index is -0.588. The average molecular weight is 369 g/mol. The fourth-order valence-corrected chi connectivity index (χ4v) is 3.15. The maximum Gasteiger partial charge on any atom is 0.267 e. The van der Waals surface area contributed by atoms with Gasteiger partial charge in [0.15, 0.2) is 0 Å². The van der Waals surface area contributed by atoms with Gasteiger partial charge in [-0.25, -0.2) is 10.5 Å². The molecule has 2 aromatic carbocycles. The van der Waals surface area contributed by atoms with Crippen LogP contribution in [0.15, 0.2) is 53.7 Å². The molecule has 0 aliphatic rings. The number of hydroxylamine groups is 1. The second-order valence-corrected chi connectivity index (χ2v) is 6.23. The van der Waals surface area contributed by atoms with E-state index in [0.717, 1.165) is 39.2 Å². The van der Waals surface area contributed by atoms with E-state index in [9.17, 15) is 4.79 Å². The molecule has 0 aliphatic heterocycles. The molecule has 26 heavy (non-hydrogen) atoms. The highest BCUT2D eigenvalue weighted by atomic mass is 32.1. The highest BCUT2D eigenvalue weighted by Crippen LogP contribution is 2.27. The molecular formula is C19H19N3O3S. The third-order valence-electron chi connectivity index (χ3n) is 4.07. The van der Waals surface area contributed by atoms with E-state index >= 15 is 0 Å². The molecule has 0 saturated heterocycles. The summed E-state index contributed by atoms with van der Waals surface area (Å²) in [6.45, 7) is 0.149. The Morgan fingerprint density at radius 1 is 1.31 bits per heavy atom. The second-order valence-electron chi connectivity index (χ2n) is 5.78. The molecule has 0 radical (unpaired) electrons. The molecule has 0 spiro atoms. The Morgan fingerprint density at radius 3 is 2.92 bits per heavy atom. The Kier molecular flexibility index (Phi) is 5.72. The van der Waals surface area contributed by atoms with Gasteiger partial charge in [0.1, 0.15) is 6.33 Å². The van der Waals surface area contributed by atoms with E-state index in [1.165, 1.54) is 6.08 Å². The van der Waals surface area contributed by atoms with Crippen molar-refractivity contribution >= 4 is 35.6 Å². The summed E-state index contributed by atoms with van der Waals surface area (Å²) >= 11 is 4.67. The smallest absolute Gasteiger partial charge is 0.267 e. The summed E-state index contributed by atoms with van der Waals surface area (Å²) in [5, 5.41) is 17.6. The van der Waals surface area contributed by atoms with E-state index in [4.69, 9.17) is 10.3 Å². The lowest BCUT2D eigenvalue weighted by Gasteiger charge is -2.12. The van der Waals surface area contributed by atoms with Crippen LogP contribution in [-0.2, 0) is 11.2 Å². The first-order valence-electron chi connectivity index (χ1n) is 8.15. The largest absolute Gasteiger partial charge is 0.396 e. The van der Waals surface area contributed by atoms with Crippen LogP contribution in [0.1, 0.15) is 17.5 Å². The molecule has 0 aliphatic carbocycles. The zero-order valence-corrected chi connectivity index (χ0v) is 14.9. The van der Waals surface area contributed by atoms with Gasteiger partial charge in [-0.15, -0.1) is 12.6 Å². The summed E-state index contributed by atoms with van der Waals surface area (Å²) in [5.74, 6) is -0.588. The number of amides is 1. The monoisotopic (exact) mass is 369 g/mol. The topological polar surface area (TPSA) is 87.4 Å². The predicted octanol–water partition coefficient (Wildman–Crippen LogP) is 2.76. The van der Waals surface area contributed by atoms with Gasteiger partial charge in [0, 0.05) is 17.6 Å². The van der Waals surface area contributed by atoms with Gasteiger partial charge in [0.05, 0.1) is 16.7 Å². The summed E-state index contributed by atoms with van der Waals surface area (Å²) in [6, 6.07) is 11.6. The molecule has 7 heteroatoms. The lowest BCUT2D eigenvalue weighted by atomic mass is 10.1. The minimum absolute atomic E-state index is 0.149. The number of carbonyl (C=O) groups is 1. The zero-order chi connectivity index (χ0) is 18.5. The molecule has 0 fully saturated rings. The van der Waals surface area contributed by atoms with Gasteiger partial charge in [-0.3, -0.25) is 14.6 Å². The Morgan fingerprint density at radius 2 is 2.15 bits per heavy atom. The predicted molar refractivity (Wildman–Crippen MR) is 103 cm³/mol. The van der Waals surface area contributed by atoms with Crippen LogP contribution >= 0.6 is 12.6 Å². The van der Waals surface area contributed by atoms with Crippen LogP contribution < -0.4 is 5.48 Å². The second kappa shape index (κ2) is 8.18.